The van der Waals surface area contributed by atoms with E-state index < -0.39 is 0 Å². The van der Waals surface area contributed by atoms with Gasteiger partial charge in [-0.1, -0.05) is 0 Å². The molecule has 0 radical (unpaired) electrons. The van der Waals surface area contributed by atoms with Gasteiger partial charge in [0.2, 0.25) is 0 Å². The number of aromatic nitrogens is 1. The number of nitrogens with zero attached hydrogens (tertiary/aromatic N) is 3. The highest BCUT2D eigenvalue weighted by Gasteiger charge is 2.25. The van der Waals surface area contributed by atoms with Gasteiger partial charge >= 0.3 is 0 Å². The molecular formula is C13H17N3O. The monoisotopic (exact) mass is 231 g/mol. The van der Waals surface area contributed by atoms with Gasteiger partial charge in [0, 0.05) is 25.4 Å². The lowest BCUT2D eigenvalue weighted by Gasteiger charge is -2.38. The molecule has 0 unspecified atom stereocenters. The van der Waals surface area contributed by atoms with E-state index >= 15 is 0 Å². The molecule has 17 heavy (non-hydrogen) atoms. The molecule has 0 amide bonds. The van der Waals surface area contributed by atoms with Gasteiger partial charge in [-0.25, -0.2) is 4.98 Å². The smallest absolute Gasteiger partial charge is 0.128 e. The Bertz CT molecular complexity index is 392. The summed E-state index contributed by atoms with van der Waals surface area (Å²) in [6.45, 7) is 1.04. The predicted octanol–water partition coefficient (Wildman–Crippen LogP) is 1.69. The molecular weight excluding hydrogens is 214 g/mol. The molecule has 0 atom stereocenters. The number of rotatable bonds is 5. The van der Waals surface area contributed by atoms with Gasteiger partial charge in [0.1, 0.15) is 11.9 Å². The molecule has 90 valence electrons. The molecule has 4 heteroatoms. The third kappa shape index (κ3) is 2.75. The van der Waals surface area contributed by atoms with E-state index in [1.54, 1.807) is 12.3 Å². The van der Waals surface area contributed by atoms with Gasteiger partial charge in [0.25, 0.3) is 0 Å². The van der Waals surface area contributed by atoms with Gasteiger partial charge in [0.15, 0.2) is 0 Å². The Kier molecular flexibility index (Phi) is 3.94. The summed E-state index contributed by atoms with van der Waals surface area (Å²) in [5, 5.41) is 17.7. The first-order valence-electron chi connectivity index (χ1n) is 6.09. The maximum atomic E-state index is 8.93. The van der Waals surface area contributed by atoms with E-state index in [-0.39, 0.29) is 6.61 Å². The zero-order valence-corrected chi connectivity index (χ0v) is 9.84. The molecule has 1 aromatic heterocycles. The Morgan fingerprint density at radius 1 is 1.47 bits per heavy atom. The first kappa shape index (κ1) is 11.9. The molecule has 0 saturated heterocycles. The number of nitriles is 1. The lowest BCUT2D eigenvalue weighted by molar-refractivity contribution is 0.282. The molecule has 1 fully saturated rings. The van der Waals surface area contributed by atoms with Crippen LogP contribution in [0.25, 0.3) is 0 Å². The van der Waals surface area contributed by atoms with E-state index in [1.165, 1.54) is 19.3 Å². The second kappa shape index (κ2) is 5.65. The molecule has 1 aliphatic rings. The van der Waals surface area contributed by atoms with Crippen LogP contribution in [-0.2, 0) is 0 Å². The van der Waals surface area contributed by atoms with Crippen molar-refractivity contribution in [2.45, 2.75) is 31.7 Å². The van der Waals surface area contributed by atoms with E-state index in [2.05, 4.69) is 16.0 Å². The van der Waals surface area contributed by atoms with Crippen molar-refractivity contribution < 1.29 is 5.11 Å². The third-order valence-electron chi connectivity index (χ3n) is 3.24. The summed E-state index contributed by atoms with van der Waals surface area (Å²) in [6.07, 6.45) is 6.05. The lowest BCUT2D eigenvalue weighted by Crippen LogP contribution is -2.41. The molecule has 0 aromatic carbocycles. The topological polar surface area (TPSA) is 60.2 Å². The SMILES string of the molecule is N#Cc1ccc(N(CCCO)C2CCC2)nc1. The van der Waals surface area contributed by atoms with E-state index in [0.29, 0.717) is 11.6 Å². The lowest BCUT2D eigenvalue weighted by atomic mass is 9.91. The largest absolute Gasteiger partial charge is 0.396 e. The van der Waals surface area contributed by atoms with Gasteiger partial charge in [-0.15, -0.1) is 0 Å². The summed E-state index contributed by atoms with van der Waals surface area (Å²) >= 11 is 0. The van der Waals surface area contributed by atoms with Crippen molar-refractivity contribution in [3.63, 3.8) is 0 Å². The van der Waals surface area contributed by atoms with Gasteiger partial charge in [-0.05, 0) is 37.8 Å². The fraction of sp³-hybridized carbons (Fsp3) is 0.538. The Labute approximate surface area is 102 Å². The fourth-order valence-corrected chi connectivity index (χ4v) is 2.05. The van der Waals surface area contributed by atoms with Crippen LogP contribution >= 0.6 is 0 Å². The average Bonchev–Trinajstić information content (AvgIpc) is 2.32. The quantitative estimate of drug-likeness (QED) is 0.837. The van der Waals surface area contributed by atoms with Gasteiger partial charge in [0.05, 0.1) is 5.56 Å². The highest BCUT2D eigenvalue weighted by atomic mass is 16.3. The van der Waals surface area contributed by atoms with E-state index in [0.717, 1.165) is 18.8 Å². The molecule has 0 bridgehead atoms. The minimum Gasteiger partial charge on any atom is -0.396 e. The minimum atomic E-state index is 0.208. The highest BCUT2D eigenvalue weighted by molar-refractivity contribution is 5.43. The van der Waals surface area contributed by atoms with Gasteiger partial charge in [-0.3, -0.25) is 0 Å². The third-order valence-corrected chi connectivity index (χ3v) is 3.24. The fourth-order valence-electron chi connectivity index (χ4n) is 2.05. The van der Waals surface area contributed by atoms with Crippen LogP contribution in [0.1, 0.15) is 31.2 Å². The summed E-state index contributed by atoms with van der Waals surface area (Å²) in [6, 6.07) is 6.33. The number of anilines is 1. The molecule has 1 saturated carbocycles. The maximum absolute atomic E-state index is 8.93. The summed E-state index contributed by atoms with van der Waals surface area (Å²) in [5.74, 6) is 0.919. The van der Waals surface area contributed by atoms with Crippen molar-refractivity contribution in [3.8, 4) is 6.07 Å². The van der Waals surface area contributed by atoms with Crippen LogP contribution in [0.15, 0.2) is 18.3 Å². The van der Waals surface area contributed by atoms with E-state index in [4.69, 9.17) is 10.4 Å². The van der Waals surface area contributed by atoms with Crippen molar-refractivity contribution in [2.75, 3.05) is 18.1 Å². The molecule has 4 nitrogen and oxygen atoms in total. The number of pyridine rings is 1. The number of hydrogen-bond acceptors (Lipinski definition) is 4. The molecule has 1 aromatic rings. The minimum absolute atomic E-state index is 0.208. The Balaban J connectivity index is 2.10. The summed E-state index contributed by atoms with van der Waals surface area (Å²) in [4.78, 5) is 6.58. The van der Waals surface area contributed by atoms with Crippen LogP contribution in [0, 0.1) is 11.3 Å². The number of aliphatic hydroxyl groups is 1. The second-order valence-electron chi connectivity index (χ2n) is 4.37. The van der Waals surface area contributed by atoms with E-state index in [1.807, 2.05) is 6.07 Å². The molecule has 0 spiro atoms. The highest BCUT2D eigenvalue weighted by Crippen LogP contribution is 2.28. The number of hydrogen-bond donors (Lipinski definition) is 1. The van der Waals surface area contributed by atoms with Crippen LogP contribution in [0.4, 0.5) is 5.82 Å². The van der Waals surface area contributed by atoms with Gasteiger partial charge < -0.3 is 10.0 Å². The Morgan fingerprint density at radius 2 is 2.29 bits per heavy atom. The standard InChI is InChI=1S/C13H17N3O/c14-9-11-5-6-13(15-10-11)16(7-2-8-17)12-3-1-4-12/h5-6,10,12,17H,1-4,7-8H2. The Morgan fingerprint density at radius 3 is 2.76 bits per heavy atom. The number of aliphatic hydroxyl groups excluding tert-OH is 1. The Hall–Kier alpha value is -1.60. The predicted molar refractivity (Wildman–Crippen MR) is 65.6 cm³/mol. The second-order valence-corrected chi connectivity index (χ2v) is 4.37. The molecule has 1 aliphatic carbocycles. The van der Waals surface area contributed by atoms with Crippen molar-refractivity contribution in [3.05, 3.63) is 23.9 Å². The first-order valence-corrected chi connectivity index (χ1v) is 6.09. The average molecular weight is 231 g/mol. The van der Waals surface area contributed by atoms with Crippen LogP contribution in [0.3, 0.4) is 0 Å². The zero-order chi connectivity index (χ0) is 12.1. The zero-order valence-electron chi connectivity index (χ0n) is 9.84. The van der Waals surface area contributed by atoms with Crippen molar-refractivity contribution in [1.82, 2.24) is 4.98 Å². The van der Waals surface area contributed by atoms with Crippen molar-refractivity contribution in [1.29, 1.82) is 5.26 Å². The van der Waals surface area contributed by atoms with Gasteiger partial charge in [-0.2, -0.15) is 5.26 Å². The first-order chi connectivity index (χ1) is 8.35. The normalized spacial score (nSPS) is 15.1. The van der Waals surface area contributed by atoms with E-state index in [9.17, 15) is 0 Å². The van der Waals surface area contributed by atoms with Crippen LogP contribution in [-0.4, -0.2) is 29.3 Å². The van der Waals surface area contributed by atoms with Crippen LogP contribution < -0.4 is 4.90 Å². The summed E-state index contributed by atoms with van der Waals surface area (Å²) in [5.41, 5.74) is 0.587. The summed E-state index contributed by atoms with van der Waals surface area (Å²) < 4.78 is 0. The van der Waals surface area contributed by atoms with Crippen LogP contribution in [0.2, 0.25) is 0 Å². The van der Waals surface area contributed by atoms with Crippen molar-refractivity contribution in [2.24, 2.45) is 0 Å². The molecule has 2 rings (SSSR count). The molecule has 1 N–H and O–H groups in total. The van der Waals surface area contributed by atoms with Crippen molar-refractivity contribution >= 4 is 5.82 Å². The maximum Gasteiger partial charge on any atom is 0.128 e. The summed E-state index contributed by atoms with van der Waals surface area (Å²) in [7, 11) is 0. The van der Waals surface area contributed by atoms with Crippen LogP contribution in [0.5, 0.6) is 0 Å². The molecule has 1 heterocycles. The molecule has 0 aliphatic heterocycles.